The number of phenols is 1. The molecule has 0 radical (unpaired) electrons. The zero-order chi connectivity index (χ0) is 14.9. The first-order valence-corrected chi connectivity index (χ1v) is 7.50. The van der Waals surface area contributed by atoms with Crippen molar-refractivity contribution in [2.24, 2.45) is 5.92 Å². The summed E-state index contributed by atoms with van der Waals surface area (Å²) in [5.74, 6) is -1.24. The van der Waals surface area contributed by atoms with E-state index in [0.29, 0.717) is 28.5 Å². The maximum atomic E-state index is 12.4. The van der Waals surface area contributed by atoms with Crippen LogP contribution in [0.1, 0.15) is 30.1 Å². The monoisotopic (exact) mass is 389 g/mol. The summed E-state index contributed by atoms with van der Waals surface area (Å²) in [5, 5.41) is 18.7. The van der Waals surface area contributed by atoms with Gasteiger partial charge in [0.05, 0.1) is 9.49 Å². The van der Waals surface area contributed by atoms with Gasteiger partial charge in [-0.25, -0.2) is 0 Å². The molecule has 108 valence electrons. The van der Waals surface area contributed by atoms with E-state index in [2.05, 4.69) is 0 Å². The van der Waals surface area contributed by atoms with E-state index < -0.39 is 5.97 Å². The van der Waals surface area contributed by atoms with Crippen molar-refractivity contribution in [1.82, 2.24) is 4.90 Å². The Labute approximate surface area is 130 Å². The summed E-state index contributed by atoms with van der Waals surface area (Å²) < 4.78 is 0.691. The normalized spacial score (nSPS) is 22.6. The molecule has 0 aromatic heterocycles. The minimum absolute atomic E-state index is 0.0875. The largest absolute Gasteiger partial charge is 0.507 e. The summed E-state index contributed by atoms with van der Waals surface area (Å²) in [6.07, 6.45) is 0.944. The fourth-order valence-corrected chi connectivity index (χ4v) is 2.85. The maximum Gasteiger partial charge on any atom is 0.306 e. The first kappa shape index (κ1) is 15.1. The molecule has 2 atom stereocenters. The molecule has 1 aliphatic heterocycles. The number of aliphatic carboxylic acids is 1. The molecule has 1 aromatic rings. The average molecular weight is 389 g/mol. The smallest absolute Gasteiger partial charge is 0.306 e. The van der Waals surface area contributed by atoms with Crippen LogP contribution in [0.2, 0.25) is 0 Å². The van der Waals surface area contributed by atoms with Gasteiger partial charge in [-0.15, -0.1) is 0 Å². The highest BCUT2D eigenvalue weighted by Gasteiger charge is 2.32. The topological polar surface area (TPSA) is 77.8 Å². The Morgan fingerprint density at radius 3 is 2.65 bits per heavy atom. The van der Waals surface area contributed by atoms with Crippen molar-refractivity contribution in [1.29, 1.82) is 0 Å². The molecule has 6 heteroatoms. The number of hydrogen-bond donors (Lipinski definition) is 2. The van der Waals surface area contributed by atoms with E-state index in [9.17, 15) is 14.7 Å². The lowest BCUT2D eigenvalue weighted by atomic mass is 9.91. The third-order valence-corrected chi connectivity index (χ3v) is 4.59. The second-order valence-corrected chi connectivity index (χ2v) is 6.24. The molecule has 1 saturated heterocycles. The van der Waals surface area contributed by atoms with Gasteiger partial charge in [-0.05, 0) is 60.6 Å². The molecule has 0 spiro atoms. The number of nitrogens with zero attached hydrogens (tertiary/aromatic N) is 1. The molecule has 0 bridgehead atoms. The van der Waals surface area contributed by atoms with E-state index in [1.54, 1.807) is 17.0 Å². The van der Waals surface area contributed by atoms with Gasteiger partial charge in [0.2, 0.25) is 0 Å². The second kappa shape index (κ2) is 5.99. The SMILES string of the molecule is CC1CC(C(=O)O)CCN1C(=O)c1ccc(I)c(O)c1. The van der Waals surface area contributed by atoms with Crippen molar-refractivity contribution in [3.8, 4) is 5.75 Å². The number of hydrogen-bond acceptors (Lipinski definition) is 3. The Morgan fingerprint density at radius 2 is 2.10 bits per heavy atom. The maximum absolute atomic E-state index is 12.4. The van der Waals surface area contributed by atoms with Gasteiger partial charge in [-0.2, -0.15) is 0 Å². The van der Waals surface area contributed by atoms with Gasteiger partial charge in [-0.1, -0.05) is 0 Å². The number of carbonyl (C=O) groups excluding carboxylic acids is 1. The van der Waals surface area contributed by atoms with Gasteiger partial charge >= 0.3 is 5.97 Å². The Morgan fingerprint density at radius 1 is 1.40 bits per heavy atom. The number of amides is 1. The van der Waals surface area contributed by atoms with Crippen molar-refractivity contribution in [3.05, 3.63) is 27.3 Å². The zero-order valence-corrected chi connectivity index (χ0v) is 13.2. The molecule has 2 unspecified atom stereocenters. The van der Waals surface area contributed by atoms with Crippen LogP contribution in [-0.4, -0.2) is 39.6 Å². The van der Waals surface area contributed by atoms with E-state index in [0.717, 1.165) is 0 Å². The van der Waals surface area contributed by atoms with Crippen molar-refractivity contribution in [2.75, 3.05) is 6.54 Å². The Kier molecular flexibility index (Phi) is 4.52. The molecule has 2 N–H and O–H groups in total. The fraction of sp³-hybridized carbons (Fsp3) is 0.429. The Bertz CT molecular complexity index is 546. The van der Waals surface area contributed by atoms with Crippen LogP contribution in [0.25, 0.3) is 0 Å². The molecule has 1 fully saturated rings. The highest BCUT2D eigenvalue weighted by atomic mass is 127. The van der Waals surface area contributed by atoms with E-state index >= 15 is 0 Å². The Hall–Kier alpha value is -1.31. The van der Waals surface area contributed by atoms with Gasteiger partial charge in [0.1, 0.15) is 5.75 Å². The quantitative estimate of drug-likeness (QED) is 0.762. The number of aromatic hydroxyl groups is 1. The van der Waals surface area contributed by atoms with Crippen LogP contribution in [0, 0.1) is 9.49 Å². The number of carboxylic acid groups (broad SMARTS) is 1. The van der Waals surface area contributed by atoms with Crippen LogP contribution in [0.3, 0.4) is 0 Å². The third-order valence-electron chi connectivity index (χ3n) is 3.68. The summed E-state index contributed by atoms with van der Waals surface area (Å²) in [4.78, 5) is 25.1. The van der Waals surface area contributed by atoms with Gasteiger partial charge in [-0.3, -0.25) is 9.59 Å². The Balaban J connectivity index is 2.13. The van der Waals surface area contributed by atoms with Crippen LogP contribution in [0.4, 0.5) is 0 Å². The van der Waals surface area contributed by atoms with Crippen LogP contribution < -0.4 is 0 Å². The third kappa shape index (κ3) is 3.05. The lowest BCUT2D eigenvalue weighted by molar-refractivity contribution is -0.143. The highest BCUT2D eigenvalue weighted by Crippen LogP contribution is 2.26. The molecule has 5 nitrogen and oxygen atoms in total. The molecule has 1 aliphatic rings. The highest BCUT2D eigenvalue weighted by molar-refractivity contribution is 14.1. The zero-order valence-electron chi connectivity index (χ0n) is 11.0. The lowest BCUT2D eigenvalue weighted by Gasteiger charge is -2.36. The minimum Gasteiger partial charge on any atom is -0.507 e. The van der Waals surface area contributed by atoms with E-state index in [-0.39, 0.29) is 23.6 Å². The molecule has 0 aliphatic carbocycles. The molecule has 2 rings (SSSR count). The summed E-state index contributed by atoms with van der Waals surface area (Å²) >= 11 is 1.99. The molecule has 1 aromatic carbocycles. The van der Waals surface area contributed by atoms with E-state index in [1.807, 2.05) is 29.5 Å². The number of piperidine rings is 1. The predicted octanol–water partition coefficient (Wildman–Crippen LogP) is 2.32. The van der Waals surface area contributed by atoms with Gasteiger partial charge < -0.3 is 15.1 Å². The van der Waals surface area contributed by atoms with Gasteiger partial charge in [0.25, 0.3) is 5.91 Å². The van der Waals surface area contributed by atoms with Gasteiger partial charge in [0, 0.05) is 18.2 Å². The molecule has 1 amide bonds. The summed E-state index contributed by atoms with van der Waals surface area (Å²) in [6, 6.07) is 4.72. The standard InChI is InChI=1S/C14H16INO4/c1-8-6-10(14(19)20)4-5-16(8)13(18)9-2-3-11(15)12(17)7-9/h2-3,7-8,10,17H,4-6H2,1H3,(H,19,20). The lowest BCUT2D eigenvalue weighted by Crippen LogP contribution is -2.46. The number of phenolic OH excluding ortho intramolecular Hbond substituents is 1. The number of carbonyl (C=O) groups is 2. The summed E-state index contributed by atoms with van der Waals surface area (Å²) in [6.45, 7) is 2.29. The van der Waals surface area contributed by atoms with Gasteiger partial charge in [0.15, 0.2) is 0 Å². The first-order chi connectivity index (χ1) is 9.40. The molecule has 1 heterocycles. The minimum atomic E-state index is -0.796. The van der Waals surface area contributed by atoms with Crippen LogP contribution in [0.15, 0.2) is 18.2 Å². The van der Waals surface area contributed by atoms with Crippen molar-refractivity contribution >= 4 is 34.5 Å². The second-order valence-electron chi connectivity index (χ2n) is 5.07. The number of halogens is 1. The predicted molar refractivity (Wildman–Crippen MR) is 81.7 cm³/mol. The number of likely N-dealkylation sites (tertiary alicyclic amines) is 1. The van der Waals surface area contributed by atoms with Crippen molar-refractivity contribution in [3.63, 3.8) is 0 Å². The van der Waals surface area contributed by atoms with Crippen LogP contribution >= 0.6 is 22.6 Å². The van der Waals surface area contributed by atoms with Crippen molar-refractivity contribution < 1.29 is 19.8 Å². The molecule has 20 heavy (non-hydrogen) atoms. The fourth-order valence-electron chi connectivity index (χ4n) is 2.51. The van der Waals surface area contributed by atoms with Crippen molar-refractivity contribution in [2.45, 2.75) is 25.8 Å². The summed E-state index contributed by atoms with van der Waals surface area (Å²) in [5.41, 5.74) is 0.434. The number of carboxylic acids is 1. The summed E-state index contributed by atoms with van der Waals surface area (Å²) in [7, 11) is 0. The first-order valence-electron chi connectivity index (χ1n) is 6.42. The molecular weight excluding hydrogens is 373 g/mol. The number of rotatable bonds is 2. The van der Waals surface area contributed by atoms with E-state index in [4.69, 9.17) is 5.11 Å². The van der Waals surface area contributed by atoms with E-state index in [1.165, 1.54) is 6.07 Å². The number of benzene rings is 1. The molecule has 0 saturated carbocycles. The average Bonchev–Trinajstić information content (AvgIpc) is 2.41. The molecular formula is C14H16INO4. The van der Waals surface area contributed by atoms with Crippen LogP contribution in [-0.2, 0) is 4.79 Å². The van der Waals surface area contributed by atoms with Crippen LogP contribution in [0.5, 0.6) is 5.75 Å².